The Morgan fingerprint density at radius 2 is 1.77 bits per heavy atom. The highest BCUT2D eigenvalue weighted by Gasteiger charge is 2.27. The molecule has 1 aliphatic heterocycles. The third-order valence-corrected chi connectivity index (χ3v) is 8.83. The molecule has 1 aliphatic carbocycles. The zero-order chi connectivity index (χ0) is 31.3. The standard InChI is InChI=1S/C34H48N6O4/c1-23-7-6-8-28(36-23)32(41)37-30-19-26-22-40(38-29(26)20-31(30)43-5)27-11-9-25(10-12-27)21-35-16-13-24-14-17-39(18-15-24)33(42)44-34(2,3)4/h6-8,19-20,22,24-25,27,35H,9-18,21H2,1-5H3,(H,37,41). The second kappa shape index (κ2) is 14.0. The Morgan fingerprint density at radius 1 is 1.02 bits per heavy atom. The van der Waals surface area contributed by atoms with Gasteiger partial charge in [0.2, 0.25) is 0 Å². The number of piperidine rings is 1. The zero-order valence-electron chi connectivity index (χ0n) is 26.9. The summed E-state index contributed by atoms with van der Waals surface area (Å²) in [5.74, 6) is 1.65. The van der Waals surface area contributed by atoms with E-state index in [1.54, 1.807) is 13.2 Å². The molecule has 1 aromatic carbocycles. The zero-order valence-corrected chi connectivity index (χ0v) is 26.9. The number of aromatic nitrogens is 3. The Labute approximate surface area is 260 Å². The van der Waals surface area contributed by atoms with E-state index < -0.39 is 5.60 Å². The minimum absolute atomic E-state index is 0.183. The Kier molecular flexibility index (Phi) is 10.1. The molecule has 0 unspecified atom stereocenters. The van der Waals surface area contributed by atoms with Crippen molar-refractivity contribution in [1.29, 1.82) is 0 Å². The molecule has 2 aromatic heterocycles. The van der Waals surface area contributed by atoms with Gasteiger partial charge in [-0.1, -0.05) is 6.07 Å². The summed E-state index contributed by atoms with van der Waals surface area (Å²) in [5, 5.41) is 12.5. The number of likely N-dealkylation sites (tertiary alicyclic amines) is 1. The van der Waals surface area contributed by atoms with E-state index in [1.165, 1.54) is 12.8 Å². The fraction of sp³-hybridized carbons (Fsp3) is 0.588. The number of ether oxygens (including phenoxy) is 2. The average Bonchev–Trinajstić information content (AvgIpc) is 3.41. The van der Waals surface area contributed by atoms with E-state index in [1.807, 2.05) is 56.9 Å². The molecule has 1 saturated heterocycles. The number of rotatable bonds is 9. The molecule has 0 spiro atoms. The lowest BCUT2D eigenvalue weighted by Gasteiger charge is -2.33. The van der Waals surface area contributed by atoms with Gasteiger partial charge in [-0.3, -0.25) is 9.48 Å². The molecule has 0 bridgehead atoms. The number of pyridine rings is 1. The van der Waals surface area contributed by atoms with Gasteiger partial charge in [-0.25, -0.2) is 9.78 Å². The van der Waals surface area contributed by atoms with Crippen LogP contribution < -0.4 is 15.4 Å². The number of carbonyl (C=O) groups excluding carboxylic acids is 2. The third kappa shape index (κ3) is 8.28. The smallest absolute Gasteiger partial charge is 0.410 e. The van der Waals surface area contributed by atoms with Crippen molar-refractivity contribution in [2.75, 3.05) is 38.6 Å². The van der Waals surface area contributed by atoms with E-state index in [0.29, 0.717) is 35.0 Å². The molecule has 2 aliphatic rings. The monoisotopic (exact) mass is 604 g/mol. The van der Waals surface area contributed by atoms with Gasteiger partial charge in [-0.15, -0.1) is 0 Å². The fourth-order valence-electron chi connectivity index (χ4n) is 6.34. The quantitative estimate of drug-likeness (QED) is 0.274. The van der Waals surface area contributed by atoms with Crippen LogP contribution in [0.4, 0.5) is 10.5 Å². The van der Waals surface area contributed by atoms with Crippen LogP contribution >= 0.6 is 0 Å². The molecule has 2 N–H and O–H groups in total. The van der Waals surface area contributed by atoms with Crippen molar-refractivity contribution in [1.82, 2.24) is 25.0 Å². The molecule has 10 heteroatoms. The first-order valence-corrected chi connectivity index (χ1v) is 16.1. The minimum atomic E-state index is -0.442. The number of hydrogen-bond acceptors (Lipinski definition) is 7. The van der Waals surface area contributed by atoms with E-state index >= 15 is 0 Å². The van der Waals surface area contributed by atoms with E-state index in [-0.39, 0.29) is 12.0 Å². The van der Waals surface area contributed by atoms with Crippen molar-refractivity contribution in [3.05, 3.63) is 47.9 Å². The van der Waals surface area contributed by atoms with Crippen LogP contribution in [0.1, 0.15) is 87.9 Å². The van der Waals surface area contributed by atoms with Gasteiger partial charge in [0, 0.05) is 36.4 Å². The van der Waals surface area contributed by atoms with Gasteiger partial charge in [0.05, 0.1) is 24.4 Å². The van der Waals surface area contributed by atoms with Crippen LogP contribution in [0.2, 0.25) is 0 Å². The predicted octanol–water partition coefficient (Wildman–Crippen LogP) is 6.36. The first-order valence-electron chi connectivity index (χ1n) is 16.1. The van der Waals surface area contributed by atoms with Crippen LogP contribution in [0.25, 0.3) is 10.9 Å². The Balaban J connectivity index is 1.06. The van der Waals surface area contributed by atoms with Crippen molar-refractivity contribution in [2.24, 2.45) is 11.8 Å². The minimum Gasteiger partial charge on any atom is -0.494 e. The Bertz CT molecular complexity index is 1430. The molecule has 0 radical (unpaired) electrons. The molecular weight excluding hydrogens is 556 g/mol. The molecule has 5 rings (SSSR count). The van der Waals surface area contributed by atoms with Gasteiger partial charge in [0.25, 0.3) is 5.91 Å². The van der Waals surface area contributed by atoms with Gasteiger partial charge in [0.15, 0.2) is 0 Å². The molecular formula is C34H48N6O4. The molecule has 238 valence electrons. The van der Waals surface area contributed by atoms with Crippen molar-refractivity contribution in [3.63, 3.8) is 0 Å². The maximum Gasteiger partial charge on any atom is 0.410 e. The Morgan fingerprint density at radius 3 is 2.45 bits per heavy atom. The normalized spacial score (nSPS) is 19.6. The third-order valence-electron chi connectivity index (χ3n) is 8.83. The highest BCUT2D eigenvalue weighted by atomic mass is 16.6. The van der Waals surface area contributed by atoms with E-state index in [2.05, 4.69) is 26.5 Å². The molecule has 2 fully saturated rings. The van der Waals surface area contributed by atoms with E-state index in [9.17, 15) is 9.59 Å². The SMILES string of the molecule is COc1cc2nn(C3CCC(CNCCC4CCN(C(=O)OC(C)(C)C)CC4)CC3)cc2cc1NC(=O)c1cccc(C)n1. The number of hydrogen-bond donors (Lipinski definition) is 2. The number of benzene rings is 1. The van der Waals surface area contributed by atoms with Crippen molar-refractivity contribution in [3.8, 4) is 5.75 Å². The summed E-state index contributed by atoms with van der Waals surface area (Å²) in [4.78, 5) is 31.3. The first kappa shape index (κ1) is 31.8. The Hall–Kier alpha value is -3.66. The summed E-state index contributed by atoms with van der Waals surface area (Å²) in [6.45, 7) is 11.3. The average molecular weight is 605 g/mol. The summed E-state index contributed by atoms with van der Waals surface area (Å²) in [5.41, 5.74) is 2.18. The van der Waals surface area contributed by atoms with Crippen LogP contribution in [0, 0.1) is 18.8 Å². The number of methoxy groups -OCH3 is 1. The lowest BCUT2D eigenvalue weighted by Crippen LogP contribution is -2.42. The van der Waals surface area contributed by atoms with Crippen molar-refractivity contribution in [2.45, 2.75) is 84.3 Å². The van der Waals surface area contributed by atoms with Gasteiger partial charge >= 0.3 is 6.09 Å². The second-order valence-corrected chi connectivity index (χ2v) is 13.4. The highest BCUT2D eigenvalue weighted by Crippen LogP contribution is 2.35. The van der Waals surface area contributed by atoms with Gasteiger partial charge < -0.3 is 25.0 Å². The van der Waals surface area contributed by atoms with Crippen LogP contribution in [0.5, 0.6) is 5.75 Å². The summed E-state index contributed by atoms with van der Waals surface area (Å²) in [7, 11) is 1.60. The van der Waals surface area contributed by atoms with Crippen LogP contribution in [0.3, 0.4) is 0 Å². The lowest BCUT2D eigenvalue weighted by molar-refractivity contribution is 0.0181. The molecule has 10 nitrogen and oxygen atoms in total. The maximum atomic E-state index is 12.8. The molecule has 2 amide bonds. The van der Waals surface area contributed by atoms with E-state index in [4.69, 9.17) is 14.6 Å². The number of carbonyl (C=O) groups is 2. The van der Waals surface area contributed by atoms with Crippen molar-refractivity contribution < 1.29 is 19.1 Å². The van der Waals surface area contributed by atoms with Crippen LogP contribution in [-0.2, 0) is 4.74 Å². The van der Waals surface area contributed by atoms with Crippen LogP contribution in [-0.4, -0.2) is 70.6 Å². The highest BCUT2D eigenvalue weighted by molar-refractivity contribution is 6.05. The topological polar surface area (TPSA) is 111 Å². The summed E-state index contributed by atoms with van der Waals surface area (Å²) >= 11 is 0. The molecule has 1 saturated carbocycles. The molecule has 3 heterocycles. The number of aryl methyl sites for hydroxylation is 1. The first-order chi connectivity index (χ1) is 21.1. The molecule has 3 aromatic rings. The second-order valence-electron chi connectivity index (χ2n) is 13.4. The summed E-state index contributed by atoms with van der Waals surface area (Å²) in [6.07, 6.45) is 9.72. The molecule has 0 atom stereocenters. The van der Waals surface area contributed by atoms with Gasteiger partial charge in [-0.05, 0) is 116 Å². The van der Waals surface area contributed by atoms with Gasteiger partial charge in [-0.2, -0.15) is 5.10 Å². The lowest BCUT2D eigenvalue weighted by atomic mass is 9.86. The van der Waals surface area contributed by atoms with Crippen LogP contribution in [0.15, 0.2) is 36.5 Å². The summed E-state index contributed by atoms with van der Waals surface area (Å²) in [6, 6.07) is 9.59. The van der Waals surface area contributed by atoms with Crippen molar-refractivity contribution >= 4 is 28.6 Å². The molecule has 44 heavy (non-hydrogen) atoms. The maximum absolute atomic E-state index is 12.8. The van der Waals surface area contributed by atoms with E-state index in [0.717, 1.165) is 74.9 Å². The predicted molar refractivity (Wildman–Crippen MR) is 172 cm³/mol. The number of fused-ring (bicyclic) bond motifs is 1. The number of nitrogens with one attached hydrogen (secondary N) is 2. The number of nitrogens with zero attached hydrogens (tertiary/aromatic N) is 4. The van der Waals surface area contributed by atoms with Gasteiger partial charge in [0.1, 0.15) is 17.0 Å². The number of anilines is 1. The fourth-order valence-corrected chi connectivity index (χ4v) is 6.34. The largest absolute Gasteiger partial charge is 0.494 e. The summed E-state index contributed by atoms with van der Waals surface area (Å²) < 4.78 is 13.2. The number of amides is 2.